The third-order valence-corrected chi connectivity index (χ3v) is 2.82. The molecule has 19 heavy (non-hydrogen) atoms. The first kappa shape index (κ1) is 18.1. The van der Waals surface area contributed by atoms with Gasteiger partial charge in [-0.25, -0.2) is 0 Å². The molecule has 0 amide bonds. The molecule has 4 nitrogen and oxygen atoms in total. The van der Waals surface area contributed by atoms with Gasteiger partial charge in [-0.1, -0.05) is 35.9 Å². The molecule has 4 heteroatoms. The molecule has 0 aliphatic carbocycles. The highest BCUT2D eigenvalue weighted by molar-refractivity contribution is 5.11. The van der Waals surface area contributed by atoms with Crippen molar-refractivity contribution in [3.05, 3.63) is 35.9 Å². The van der Waals surface area contributed by atoms with E-state index in [1.54, 1.807) is 7.11 Å². The molecule has 1 aliphatic heterocycles. The molecule has 1 saturated heterocycles. The topological polar surface area (TPSA) is 44.7 Å². The normalized spacial score (nSPS) is 20.9. The van der Waals surface area contributed by atoms with Crippen LogP contribution in [0, 0.1) is 6.92 Å². The van der Waals surface area contributed by atoms with Crippen LogP contribution in [-0.2, 0) is 4.84 Å². The summed E-state index contributed by atoms with van der Waals surface area (Å²) in [6.07, 6.45) is 0. The van der Waals surface area contributed by atoms with Crippen molar-refractivity contribution in [3.8, 4) is 0 Å². The molecular formula is C15H28N2O2. The van der Waals surface area contributed by atoms with Gasteiger partial charge >= 0.3 is 0 Å². The third kappa shape index (κ3) is 6.68. The molecule has 2 rings (SSSR count). The Labute approximate surface area is 117 Å². The van der Waals surface area contributed by atoms with Crippen LogP contribution in [0.25, 0.3) is 0 Å². The predicted octanol–water partition coefficient (Wildman–Crippen LogP) is 2.18. The maximum atomic E-state index is 7.00. The van der Waals surface area contributed by atoms with E-state index in [2.05, 4.69) is 45.1 Å². The molecule has 0 radical (unpaired) electrons. The maximum Gasteiger partial charge on any atom is 0.0899 e. The van der Waals surface area contributed by atoms with Crippen molar-refractivity contribution in [3.63, 3.8) is 0 Å². The van der Waals surface area contributed by atoms with Crippen LogP contribution >= 0.6 is 0 Å². The van der Waals surface area contributed by atoms with Gasteiger partial charge in [-0.05, 0) is 27.7 Å². The number of benzene rings is 1. The van der Waals surface area contributed by atoms with Gasteiger partial charge in [0.25, 0.3) is 0 Å². The van der Waals surface area contributed by atoms with Gasteiger partial charge in [0.1, 0.15) is 0 Å². The van der Waals surface area contributed by atoms with E-state index in [-0.39, 0.29) is 5.66 Å². The summed E-state index contributed by atoms with van der Waals surface area (Å²) in [5, 5.41) is 12.4. The van der Waals surface area contributed by atoms with Crippen LogP contribution in [0.4, 0.5) is 0 Å². The van der Waals surface area contributed by atoms with Gasteiger partial charge in [0.2, 0.25) is 0 Å². The highest BCUT2D eigenvalue weighted by Gasteiger charge is 2.35. The van der Waals surface area contributed by atoms with Crippen LogP contribution in [0.2, 0.25) is 0 Å². The lowest BCUT2D eigenvalue weighted by molar-refractivity contribution is -0.174. The number of hydroxylamine groups is 2. The molecule has 0 bridgehead atoms. The van der Waals surface area contributed by atoms with Crippen molar-refractivity contribution in [2.75, 3.05) is 20.8 Å². The highest BCUT2D eigenvalue weighted by atomic mass is 16.7. The van der Waals surface area contributed by atoms with Gasteiger partial charge in [0.15, 0.2) is 0 Å². The lowest BCUT2D eigenvalue weighted by atomic mass is 10.2. The summed E-state index contributed by atoms with van der Waals surface area (Å²) in [5.41, 5.74) is 1.32. The molecule has 1 atom stereocenters. The fraction of sp³-hybridized carbons (Fsp3) is 0.600. The highest BCUT2D eigenvalue weighted by Crippen LogP contribution is 2.18. The monoisotopic (exact) mass is 268 g/mol. The molecule has 1 aromatic carbocycles. The first-order valence-electron chi connectivity index (χ1n) is 6.51. The maximum absolute atomic E-state index is 7.00. The summed E-state index contributed by atoms with van der Waals surface area (Å²) >= 11 is 0. The predicted molar refractivity (Wildman–Crippen MR) is 79.7 cm³/mol. The second-order valence-electron chi connectivity index (χ2n) is 5.00. The minimum Gasteiger partial charge on any atom is -0.400 e. The van der Waals surface area contributed by atoms with E-state index in [0.29, 0.717) is 6.04 Å². The van der Waals surface area contributed by atoms with Gasteiger partial charge in [-0.15, -0.1) is 0 Å². The molecule has 2 N–H and O–H groups in total. The van der Waals surface area contributed by atoms with Gasteiger partial charge < -0.3 is 9.94 Å². The van der Waals surface area contributed by atoms with E-state index < -0.39 is 0 Å². The van der Waals surface area contributed by atoms with Crippen molar-refractivity contribution in [1.29, 1.82) is 0 Å². The van der Waals surface area contributed by atoms with Gasteiger partial charge in [0, 0.05) is 19.7 Å². The zero-order chi connectivity index (χ0) is 14.9. The Bertz CT molecular complexity index is 328. The number of aryl methyl sites for hydroxylation is 1. The quantitative estimate of drug-likeness (QED) is 0.819. The number of hydrogen-bond donors (Lipinski definition) is 2. The SMILES string of the molecule is CO.CON1CC(C)NC1(C)C.Cc1ccccc1. The zero-order valence-electron chi connectivity index (χ0n) is 13.0. The standard InChI is InChI=1S/C7H16N2O.C7H8.CH4O/c1-6-5-9(10-4)7(2,3)8-6;1-7-5-3-2-4-6-7;1-2/h6,8H,5H2,1-4H3;2-6H,1H3;2H,1H3. The van der Waals surface area contributed by atoms with E-state index in [1.807, 2.05) is 23.3 Å². The number of rotatable bonds is 1. The summed E-state index contributed by atoms with van der Waals surface area (Å²) < 4.78 is 0. The molecule has 110 valence electrons. The largest absolute Gasteiger partial charge is 0.400 e. The molecule has 0 saturated carbocycles. The molecule has 1 heterocycles. The molecule has 0 aromatic heterocycles. The van der Waals surface area contributed by atoms with Crippen LogP contribution in [0.15, 0.2) is 30.3 Å². The molecule has 1 aromatic rings. The Morgan fingerprint density at radius 1 is 1.26 bits per heavy atom. The number of nitrogens with one attached hydrogen (secondary N) is 1. The Morgan fingerprint density at radius 3 is 2.00 bits per heavy atom. The minimum absolute atomic E-state index is 0.00579. The lowest BCUT2D eigenvalue weighted by Crippen LogP contribution is -2.45. The second-order valence-corrected chi connectivity index (χ2v) is 5.00. The lowest BCUT2D eigenvalue weighted by Gasteiger charge is -2.28. The van der Waals surface area contributed by atoms with E-state index in [9.17, 15) is 0 Å². The number of aliphatic hydroxyl groups is 1. The van der Waals surface area contributed by atoms with Crippen molar-refractivity contribution in [2.24, 2.45) is 0 Å². The zero-order valence-corrected chi connectivity index (χ0v) is 13.0. The third-order valence-electron chi connectivity index (χ3n) is 2.82. The van der Waals surface area contributed by atoms with Crippen LogP contribution in [0.5, 0.6) is 0 Å². The number of nitrogens with zero attached hydrogens (tertiary/aromatic N) is 1. The Balaban J connectivity index is 0.000000316. The van der Waals surface area contributed by atoms with E-state index >= 15 is 0 Å². The Hall–Kier alpha value is -0.940. The fourth-order valence-electron chi connectivity index (χ4n) is 2.03. The van der Waals surface area contributed by atoms with Gasteiger partial charge in [-0.3, -0.25) is 5.32 Å². The molecular weight excluding hydrogens is 240 g/mol. The summed E-state index contributed by atoms with van der Waals surface area (Å²) in [6.45, 7) is 9.42. The van der Waals surface area contributed by atoms with Crippen LogP contribution in [-0.4, -0.2) is 42.6 Å². The summed E-state index contributed by atoms with van der Waals surface area (Å²) in [4.78, 5) is 5.17. The second kappa shape index (κ2) is 9.04. The molecule has 1 fully saturated rings. The van der Waals surface area contributed by atoms with E-state index in [4.69, 9.17) is 9.94 Å². The van der Waals surface area contributed by atoms with Crippen LogP contribution in [0.3, 0.4) is 0 Å². The first-order chi connectivity index (χ1) is 8.95. The van der Waals surface area contributed by atoms with Crippen LogP contribution < -0.4 is 5.32 Å². The fourth-order valence-corrected chi connectivity index (χ4v) is 2.03. The van der Waals surface area contributed by atoms with Crippen molar-refractivity contribution in [1.82, 2.24) is 10.4 Å². The van der Waals surface area contributed by atoms with Crippen molar-refractivity contribution >= 4 is 0 Å². The van der Waals surface area contributed by atoms with E-state index in [1.165, 1.54) is 5.56 Å². The van der Waals surface area contributed by atoms with Gasteiger partial charge in [0.05, 0.1) is 12.8 Å². The number of aliphatic hydroxyl groups excluding tert-OH is 1. The Morgan fingerprint density at radius 2 is 1.79 bits per heavy atom. The first-order valence-corrected chi connectivity index (χ1v) is 6.51. The summed E-state index contributed by atoms with van der Waals surface area (Å²) in [5.74, 6) is 0. The number of hydrogen-bond acceptors (Lipinski definition) is 4. The van der Waals surface area contributed by atoms with Crippen molar-refractivity contribution in [2.45, 2.75) is 39.4 Å². The molecule has 1 aliphatic rings. The average Bonchev–Trinajstić information content (AvgIpc) is 2.66. The summed E-state index contributed by atoms with van der Waals surface area (Å²) in [7, 11) is 2.71. The Kier molecular flexibility index (Phi) is 8.59. The molecule has 1 unspecified atom stereocenters. The smallest absolute Gasteiger partial charge is 0.0899 e. The average molecular weight is 268 g/mol. The summed E-state index contributed by atoms with van der Waals surface area (Å²) in [6, 6.07) is 10.8. The van der Waals surface area contributed by atoms with Crippen molar-refractivity contribution < 1.29 is 9.94 Å². The minimum atomic E-state index is -0.00579. The van der Waals surface area contributed by atoms with E-state index in [0.717, 1.165) is 13.7 Å². The van der Waals surface area contributed by atoms with Crippen LogP contribution in [0.1, 0.15) is 26.3 Å². The molecule has 0 spiro atoms. The van der Waals surface area contributed by atoms with Gasteiger partial charge in [-0.2, -0.15) is 5.06 Å².